The highest BCUT2D eigenvalue weighted by molar-refractivity contribution is 6.32. The summed E-state index contributed by atoms with van der Waals surface area (Å²) in [6.07, 6.45) is -1.39. The third-order valence-electron chi connectivity index (χ3n) is 1.75. The summed E-state index contributed by atoms with van der Waals surface area (Å²) in [5, 5.41) is 17.3. The highest BCUT2D eigenvalue weighted by atomic mass is 35.5. The Hall–Kier alpha value is -1.36. The highest BCUT2D eigenvalue weighted by Gasteiger charge is 2.37. The number of hydrogen-bond acceptors (Lipinski definition) is 2. The van der Waals surface area contributed by atoms with Crippen LogP contribution in [0.1, 0.15) is 12.0 Å². The van der Waals surface area contributed by atoms with Crippen molar-refractivity contribution in [3.8, 4) is 5.75 Å². The van der Waals surface area contributed by atoms with Crippen LogP contribution in [0.25, 0.3) is 0 Å². The second-order valence-electron chi connectivity index (χ2n) is 2.91. The van der Waals surface area contributed by atoms with Gasteiger partial charge in [0.15, 0.2) is 0 Å². The molecule has 1 aromatic rings. The number of rotatable bonds is 3. The van der Waals surface area contributed by atoms with Gasteiger partial charge in [-0.15, -0.1) is 0 Å². The summed E-state index contributed by atoms with van der Waals surface area (Å²) in [6.45, 7) is 0. The van der Waals surface area contributed by atoms with Crippen molar-refractivity contribution in [2.75, 3.05) is 0 Å². The van der Waals surface area contributed by atoms with Crippen LogP contribution >= 0.6 is 11.6 Å². The van der Waals surface area contributed by atoms with Crippen LogP contribution in [0, 0.1) is 0 Å². The van der Waals surface area contributed by atoms with E-state index in [1.165, 1.54) is 12.1 Å². The number of carboxylic acids is 1. The lowest BCUT2D eigenvalue weighted by molar-refractivity contribution is -0.145. The number of para-hydroxylation sites is 1. The van der Waals surface area contributed by atoms with Gasteiger partial charge in [-0.2, -0.15) is 0 Å². The summed E-state index contributed by atoms with van der Waals surface area (Å²) in [5.41, 5.74) is -0.780. The molecule has 1 aromatic carbocycles. The molecule has 0 saturated carbocycles. The third kappa shape index (κ3) is 2.56. The zero-order chi connectivity index (χ0) is 11.6. The summed E-state index contributed by atoms with van der Waals surface area (Å²) in [6, 6.07) is 3.38. The Balaban J connectivity index is 3.14. The molecule has 0 unspecified atom stereocenters. The fraction of sp³-hybridized carbons (Fsp3) is 0.222. The standard InChI is InChI=1S/C9H7ClF2O3/c10-6-3-1-2-5(8(6)15)9(11,12)4-7(13)14/h1-3,15H,4H2,(H,13,14). The Bertz CT molecular complexity index is 393. The Kier molecular flexibility index (Phi) is 3.14. The van der Waals surface area contributed by atoms with E-state index in [1.54, 1.807) is 0 Å². The smallest absolute Gasteiger partial charge is 0.309 e. The monoisotopic (exact) mass is 236 g/mol. The summed E-state index contributed by atoms with van der Waals surface area (Å²) in [4.78, 5) is 10.2. The van der Waals surface area contributed by atoms with Crippen LogP contribution in [0.3, 0.4) is 0 Å². The first kappa shape index (κ1) is 11.7. The van der Waals surface area contributed by atoms with Crippen molar-refractivity contribution in [2.24, 2.45) is 0 Å². The molecule has 0 aliphatic carbocycles. The van der Waals surface area contributed by atoms with E-state index in [0.29, 0.717) is 0 Å². The predicted molar refractivity (Wildman–Crippen MR) is 49.3 cm³/mol. The van der Waals surface area contributed by atoms with Crippen LogP contribution in [0.5, 0.6) is 5.75 Å². The van der Waals surface area contributed by atoms with Gasteiger partial charge >= 0.3 is 5.97 Å². The Morgan fingerprint density at radius 3 is 2.60 bits per heavy atom. The van der Waals surface area contributed by atoms with E-state index in [9.17, 15) is 18.7 Å². The van der Waals surface area contributed by atoms with Gasteiger partial charge in [0.05, 0.1) is 10.6 Å². The zero-order valence-electron chi connectivity index (χ0n) is 7.38. The van der Waals surface area contributed by atoms with Crippen molar-refractivity contribution >= 4 is 17.6 Å². The molecular formula is C9H7ClF2O3. The second kappa shape index (κ2) is 4.02. The molecule has 0 atom stereocenters. The van der Waals surface area contributed by atoms with E-state index in [0.717, 1.165) is 6.07 Å². The summed E-state index contributed by atoms with van der Waals surface area (Å²) in [7, 11) is 0. The van der Waals surface area contributed by atoms with Crippen LogP contribution in [-0.4, -0.2) is 16.2 Å². The van der Waals surface area contributed by atoms with Crippen molar-refractivity contribution in [1.29, 1.82) is 0 Å². The largest absolute Gasteiger partial charge is 0.506 e. The van der Waals surface area contributed by atoms with Crippen molar-refractivity contribution < 1.29 is 23.8 Å². The molecule has 0 bridgehead atoms. The molecule has 15 heavy (non-hydrogen) atoms. The number of benzene rings is 1. The van der Waals surface area contributed by atoms with E-state index in [-0.39, 0.29) is 5.02 Å². The first-order valence-corrected chi connectivity index (χ1v) is 4.30. The molecule has 0 amide bonds. The lowest BCUT2D eigenvalue weighted by Gasteiger charge is -2.16. The van der Waals surface area contributed by atoms with Gasteiger partial charge in [-0.25, -0.2) is 8.78 Å². The molecule has 0 fully saturated rings. The van der Waals surface area contributed by atoms with Crippen molar-refractivity contribution in [1.82, 2.24) is 0 Å². The minimum Gasteiger partial charge on any atom is -0.506 e. The van der Waals surface area contributed by atoms with Crippen molar-refractivity contribution in [2.45, 2.75) is 12.3 Å². The lowest BCUT2D eigenvalue weighted by Crippen LogP contribution is -2.18. The van der Waals surface area contributed by atoms with Gasteiger partial charge in [-0.1, -0.05) is 17.7 Å². The normalized spacial score (nSPS) is 11.4. The number of halogens is 3. The summed E-state index contributed by atoms with van der Waals surface area (Å²) < 4.78 is 26.5. The van der Waals surface area contributed by atoms with Crippen molar-refractivity contribution in [3.63, 3.8) is 0 Å². The van der Waals surface area contributed by atoms with E-state index >= 15 is 0 Å². The van der Waals surface area contributed by atoms with Gasteiger partial charge in [0, 0.05) is 0 Å². The number of phenolic OH excluding ortho intramolecular Hbond substituents is 1. The first-order valence-electron chi connectivity index (χ1n) is 3.92. The third-order valence-corrected chi connectivity index (χ3v) is 2.06. The molecule has 0 aliphatic heterocycles. The predicted octanol–water partition coefficient (Wildman–Crippen LogP) is 2.61. The number of aromatic hydroxyl groups is 1. The number of carboxylic acid groups (broad SMARTS) is 1. The molecular weight excluding hydrogens is 230 g/mol. The molecule has 6 heteroatoms. The molecule has 1 rings (SSSR count). The fourth-order valence-corrected chi connectivity index (χ4v) is 1.27. The van der Waals surface area contributed by atoms with Crippen LogP contribution in [0.2, 0.25) is 5.02 Å². The lowest BCUT2D eigenvalue weighted by atomic mass is 10.0. The van der Waals surface area contributed by atoms with E-state index in [4.69, 9.17) is 16.7 Å². The Morgan fingerprint density at radius 1 is 1.47 bits per heavy atom. The van der Waals surface area contributed by atoms with E-state index < -0.39 is 29.6 Å². The average molecular weight is 237 g/mol. The average Bonchev–Trinajstić information content (AvgIpc) is 2.07. The molecule has 0 aromatic heterocycles. The van der Waals surface area contributed by atoms with Crippen LogP contribution in [-0.2, 0) is 10.7 Å². The molecule has 0 heterocycles. The van der Waals surface area contributed by atoms with E-state index in [2.05, 4.69) is 0 Å². The maximum absolute atomic E-state index is 13.2. The van der Waals surface area contributed by atoms with Gasteiger partial charge in [0.25, 0.3) is 5.92 Å². The molecule has 0 aliphatic rings. The van der Waals surface area contributed by atoms with E-state index in [1.807, 2.05) is 0 Å². The van der Waals surface area contributed by atoms with Gasteiger partial charge in [-0.3, -0.25) is 4.79 Å². The van der Waals surface area contributed by atoms with Gasteiger partial charge in [0.1, 0.15) is 12.2 Å². The number of hydrogen-bond donors (Lipinski definition) is 2. The topological polar surface area (TPSA) is 57.5 Å². The number of alkyl halides is 2. The maximum atomic E-state index is 13.2. The van der Waals surface area contributed by atoms with Crippen molar-refractivity contribution in [3.05, 3.63) is 28.8 Å². The maximum Gasteiger partial charge on any atom is 0.309 e. The molecule has 82 valence electrons. The number of aliphatic carboxylic acids is 1. The SMILES string of the molecule is O=C(O)CC(F)(F)c1cccc(Cl)c1O. The Labute approximate surface area is 88.9 Å². The fourth-order valence-electron chi connectivity index (χ4n) is 1.10. The zero-order valence-corrected chi connectivity index (χ0v) is 8.13. The minimum atomic E-state index is -3.64. The van der Waals surface area contributed by atoms with Gasteiger partial charge < -0.3 is 10.2 Å². The summed E-state index contributed by atoms with van der Waals surface area (Å²) >= 11 is 5.43. The highest BCUT2D eigenvalue weighted by Crippen LogP contribution is 2.40. The van der Waals surface area contributed by atoms with Gasteiger partial charge in [0.2, 0.25) is 0 Å². The number of carbonyl (C=O) groups is 1. The minimum absolute atomic E-state index is 0.238. The van der Waals surface area contributed by atoms with Crippen LogP contribution in [0.15, 0.2) is 18.2 Å². The quantitative estimate of drug-likeness (QED) is 0.848. The van der Waals surface area contributed by atoms with Crippen LogP contribution < -0.4 is 0 Å². The molecule has 2 N–H and O–H groups in total. The molecule has 3 nitrogen and oxygen atoms in total. The molecule has 0 radical (unpaired) electrons. The van der Waals surface area contributed by atoms with Crippen LogP contribution in [0.4, 0.5) is 8.78 Å². The molecule has 0 saturated heterocycles. The van der Waals surface area contributed by atoms with Gasteiger partial charge in [-0.05, 0) is 12.1 Å². The first-order chi connectivity index (χ1) is 6.84. The molecule has 0 spiro atoms. The Morgan fingerprint density at radius 2 is 2.07 bits per heavy atom. The second-order valence-corrected chi connectivity index (χ2v) is 3.32. The number of phenols is 1. The summed E-state index contributed by atoms with van der Waals surface area (Å²) in [5.74, 6) is -6.08.